The van der Waals surface area contributed by atoms with Gasteiger partial charge in [0.15, 0.2) is 5.75 Å². The van der Waals surface area contributed by atoms with E-state index in [9.17, 15) is 5.11 Å². The van der Waals surface area contributed by atoms with E-state index in [2.05, 4.69) is 32.2 Å². The number of nitrogens with one attached hydrogen (secondary N) is 1. The van der Waals surface area contributed by atoms with Crippen molar-refractivity contribution >= 4 is 17.6 Å². The van der Waals surface area contributed by atoms with E-state index in [1.54, 1.807) is 24.2 Å². The largest absolute Gasteiger partial charge is 0.484 e. The fraction of sp³-hybridized carbons (Fsp3) is 0.333. The van der Waals surface area contributed by atoms with Gasteiger partial charge in [-0.05, 0) is 19.1 Å². The van der Waals surface area contributed by atoms with E-state index >= 15 is 0 Å². The van der Waals surface area contributed by atoms with E-state index in [-0.39, 0.29) is 11.9 Å². The van der Waals surface area contributed by atoms with Crippen molar-refractivity contribution in [1.29, 1.82) is 0 Å². The number of ether oxygens (including phenoxy) is 3. The highest BCUT2D eigenvalue weighted by molar-refractivity contribution is 7.99. The van der Waals surface area contributed by atoms with Crippen molar-refractivity contribution in [3.8, 4) is 28.8 Å². The predicted molar refractivity (Wildman–Crippen MR) is 117 cm³/mol. The van der Waals surface area contributed by atoms with Crippen LogP contribution in [-0.4, -0.2) is 51.2 Å². The quantitative estimate of drug-likeness (QED) is 0.506. The van der Waals surface area contributed by atoms with Gasteiger partial charge in [0, 0.05) is 40.4 Å². The van der Waals surface area contributed by atoms with Crippen LogP contribution in [0.5, 0.6) is 17.5 Å². The average molecular weight is 442 g/mol. The third-order valence-corrected chi connectivity index (χ3v) is 5.81. The molecule has 162 valence electrons. The minimum Gasteiger partial charge on any atom is -0.484 e. The van der Waals surface area contributed by atoms with Crippen LogP contribution in [0.25, 0.3) is 11.3 Å². The third kappa shape index (κ3) is 4.80. The second-order valence-electron chi connectivity index (χ2n) is 6.70. The maximum atomic E-state index is 9.52. The van der Waals surface area contributed by atoms with Gasteiger partial charge in [0.2, 0.25) is 5.88 Å². The molecule has 0 radical (unpaired) electrons. The summed E-state index contributed by atoms with van der Waals surface area (Å²) in [5.41, 5.74) is 3.14. The van der Waals surface area contributed by atoms with Crippen LogP contribution in [0, 0.1) is 0 Å². The van der Waals surface area contributed by atoms with E-state index in [4.69, 9.17) is 14.2 Å². The van der Waals surface area contributed by atoms with E-state index in [0.717, 1.165) is 16.9 Å². The van der Waals surface area contributed by atoms with Crippen LogP contribution >= 0.6 is 11.8 Å². The zero-order chi connectivity index (χ0) is 21.6. The Balaban J connectivity index is 1.41. The Hall–Kier alpha value is -3.11. The van der Waals surface area contributed by atoms with Gasteiger partial charge in [0.05, 0.1) is 25.3 Å². The van der Waals surface area contributed by atoms with Gasteiger partial charge in [-0.2, -0.15) is 0 Å². The summed E-state index contributed by atoms with van der Waals surface area (Å²) >= 11 is 1.71. The molecule has 3 aromatic rings. The first-order valence-electron chi connectivity index (χ1n) is 9.75. The highest BCUT2D eigenvalue weighted by Gasteiger charge is 2.21. The maximum absolute atomic E-state index is 9.52. The van der Waals surface area contributed by atoms with E-state index in [1.807, 2.05) is 18.2 Å². The number of fused-ring (bicyclic) bond motifs is 1. The van der Waals surface area contributed by atoms with Crippen molar-refractivity contribution < 1.29 is 19.3 Å². The third-order valence-electron chi connectivity index (χ3n) is 4.75. The van der Waals surface area contributed by atoms with Crippen molar-refractivity contribution in [1.82, 2.24) is 19.9 Å². The lowest BCUT2D eigenvalue weighted by Crippen LogP contribution is -2.18. The van der Waals surface area contributed by atoms with E-state index < -0.39 is 0 Å². The van der Waals surface area contributed by atoms with E-state index in [0.29, 0.717) is 47.9 Å². The summed E-state index contributed by atoms with van der Waals surface area (Å²) in [6.45, 7) is 3.00. The number of anilines is 1. The minimum atomic E-state index is -0.164. The number of aliphatic hydroxyl groups excluding tert-OH is 1. The topological polar surface area (TPSA) is 112 Å². The fourth-order valence-electron chi connectivity index (χ4n) is 3.17. The molecule has 1 aliphatic heterocycles. The number of thioether (sulfide) groups is 1. The maximum Gasteiger partial charge on any atom is 0.257 e. The molecular weight excluding hydrogens is 418 g/mol. The smallest absolute Gasteiger partial charge is 0.257 e. The molecule has 4 heterocycles. The molecule has 0 spiro atoms. The SMILES string of the molecule is COc1ncc(-c2cc(NCS[C@@H](C)c3ccnc4c3OCCO4)ncn2)cc1CO. The number of pyridine rings is 2. The molecule has 0 aromatic carbocycles. The Bertz CT molecular complexity index is 1050. The van der Waals surface area contributed by atoms with Crippen LogP contribution in [0.4, 0.5) is 5.82 Å². The highest BCUT2D eigenvalue weighted by Crippen LogP contribution is 2.40. The summed E-state index contributed by atoms with van der Waals surface area (Å²) in [6.07, 6.45) is 4.90. The second kappa shape index (κ2) is 9.80. The highest BCUT2D eigenvalue weighted by atomic mass is 32.2. The molecule has 9 nitrogen and oxygen atoms in total. The minimum absolute atomic E-state index is 0.164. The molecule has 0 unspecified atom stereocenters. The molecule has 31 heavy (non-hydrogen) atoms. The Kier molecular flexibility index (Phi) is 6.68. The number of aromatic nitrogens is 4. The molecule has 0 aliphatic carbocycles. The number of methoxy groups -OCH3 is 1. The van der Waals surface area contributed by atoms with Crippen LogP contribution in [0.1, 0.15) is 23.3 Å². The van der Waals surface area contributed by atoms with Crippen molar-refractivity contribution in [3.05, 3.63) is 48.0 Å². The Morgan fingerprint density at radius 1 is 1.19 bits per heavy atom. The summed E-state index contributed by atoms with van der Waals surface area (Å²) in [7, 11) is 1.52. The average Bonchev–Trinajstić information content (AvgIpc) is 2.83. The number of hydrogen-bond donors (Lipinski definition) is 2. The molecule has 1 aliphatic rings. The number of hydrogen-bond acceptors (Lipinski definition) is 10. The first kappa shape index (κ1) is 21.1. The zero-order valence-electron chi connectivity index (χ0n) is 17.2. The molecule has 3 aromatic heterocycles. The Labute approximate surface area is 184 Å². The van der Waals surface area contributed by atoms with Gasteiger partial charge in [-0.15, -0.1) is 11.8 Å². The molecule has 10 heteroatoms. The van der Waals surface area contributed by atoms with Crippen molar-refractivity contribution in [3.63, 3.8) is 0 Å². The molecule has 1 atom stereocenters. The summed E-state index contributed by atoms with van der Waals surface area (Å²) < 4.78 is 16.5. The Morgan fingerprint density at radius 2 is 2.06 bits per heavy atom. The van der Waals surface area contributed by atoms with Crippen LogP contribution in [0.15, 0.2) is 36.9 Å². The van der Waals surface area contributed by atoms with Gasteiger partial charge in [0.1, 0.15) is 25.4 Å². The van der Waals surface area contributed by atoms with Crippen molar-refractivity contribution in [2.45, 2.75) is 18.8 Å². The summed E-state index contributed by atoms with van der Waals surface area (Å²) in [6, 6.07) is 5.62. The second-order valence-corrected chi connectivity index (χ2v) is 8.03. The van der Waals surface area contributed by atoms with Crippen molar-refractivity contribution in [2.75, 3.05) is 31.5 Å². The lowest BCUT2D eigenvalue weighted by molar-refractivity contribution is 0.163. The molecule has 0 bridgehead atoms. The molecule has 2 N–H and O–H groups in total. The van der Waals surface area contributed by atoms with E-state index in [1.165, 1.54) is 13.4 Å². The standard InChI is InChI=1S/C21H23N5O4S/c1-13(16-3-4-22-21-19(16)29-5-6-30-21)31-12-26-18-8-17(24-11-25-18)14-7-15(10-27)20(28-2)23-9-14/h3-4,7-9,11,13,27H,5-6,10,12H2,1-2H3,(H,24,25,26)/t13-/m0/s1. The van der Waals surface area contributed by atoms with Gasteiger partial charge in [-0.25, -0.2) is 19.9 Å². The molecule has 0 amide bonds. The molecular formula is C21H23N5O4S. The van der Waals surface area contributed by atoms with Crippen molar-refractivity contribution in [2.24, 2.45) is 0 Å². The first-order chi connectivity index (χ1) is 15.2. The van der Waals surface area contributed by atoms with Crippen LogP contribution in [-0.2, 0) is 6.61 Å². The number of aliphatic hydroxyl groups is 1. The monoisotopic (exact) mass is 441 g/mol. The first-order valence-corrected chi connectivity index (χ1v) is 10.8. The summed E-state index contributed by atoms with van der Waals surface area (Å²) in [4.78, 5) is 17.1. The molecule has 4 rings (SSSR count). The van der Waals surface area contributed by atoms with Gasteiger partial charge in [-0.3, -0.25) is 0 Å². The number of rotatable bonds is 8. The lowest BCUT2D eigenvalue weighted by atomic mass is 10.1. The molecule has 0 saturated carbocycles. The van der Waals surface area contributed by atoms with Gasteiger partial charge < -0.3 is 24.6 Å². The lowest BCUT2D eigenvalue weighted by Gasteiger charge is -2.22. The van der Waals surface area contributed by atoms with Gasteiger partial charge >= 0.3 is 0 Å². The van der Waals surface area contributed by atoms with Crippen LogP contribution < -0.4 is 19.5 Å². The van der Waals surface area contributed by atoms with Gasteiger partial charge in [0.25, 0.3) is 5.88 Å². The number of nitrogens with zero attached hydrogens (tertiary/aromatic N) is 4. The van der Waals surface area contributed by atoms with Crippen LogP contribution in [0.2, 0.25) is 0 Å². The summed E-state index contributed by atoms with van der Waals surface area (Å²) in [5, 5.41) is 13.0. The predicted octanol–water partition coefficient (Wildman–Crippen LogP) is 3.07. The van der Waals surface area contributed by atoms with Crippen LogP contribution in [0.3, 0.4) is 0 Å². The molecule has 0 saturated heterocycles. The fourth-order valence-corrected chi connectivity index (χ4v) is 4.02. The van der Waals surface area contributed by atoms with Gasteiger partial charge in [-0.1, -0.05) is 0 Å². The molecule has 0 fully saturated rings. The Morgan fingerprint density at radius 3 is 2.90 bits per heavy atom. The summed E-state index contributed by atoms with van der Waals surface area (Å²) in [5.74, 6) is 3.02. The zero-order valence-corrected chi connectivity index (χ0v) is 18.1. The normalized spacial score (nSPS) is 13.5.